The lowest BCUT2D eigenvalue weighted by atomic mass is 9.70. The number of imide groups is 1. The summed E-state index contributed by atoms with van der Waals surface area (Å²) >= 11 is 0. The highest BCUT2D eigenvalue weighted by Crippen LogP contribution is 2.46. The molecule has 1 atom stereocenters. The van der Waals surface area contributed by atoms with Crippen LogP contribution >= 0.6 is 0 Å². The Bertz CT molecular complexity index is 529. The summed E-state index contributed by atoms with van der Waals surface area (Å²) < 4.78 is 5.72. The highest BCUT2D eigenvalue weighted by molar-refractivity contribution is 6.09. The summed E-state index contributed by atoms with van der Waals surface area (Å²) in [6, 6.07) is 0. The van der Waals surface area contributed by atoms with Gasteiger partial charge in [-0.05, 0) is 32.3 Å². The Balaban J connectivity index is 2.23. The van der Waals surface area contributed by atoms with Crippen molar-refractivity contribution in [2.75, 3.05) is 0 Å². The highest BCUT2D eigenvalue weighted by atomic mass is 16.3. The van der Waals surface area contributed by atoms with Gasteiger partial charge < -0.3 is 4.42 Å². The minimum Gasteiger partial charge on any atom is -0.466 e. The van der Waals surface area contributed by atoms with Crippen LogP contribution in [0.1, 0.15) is 41.9 Å². The van der Waals surface area contributed by atoms with Gasteiger partial charge in [-0.25, -0.2) is 0 Å². The number of rotatable bonds is 0. The molecule has 0 aromatic carbocycles. The Hall–Kier alpha value is -1.58. The van der Waals surface area contributed by atoms with E-state index in [1.807, 2.05) is 13.8 Å². The predicted molar refractivity (Wildman–Crippen MR) is 60.6 cm³/mol. The molecule has 3 rings (SSSR count). The summed E-state index contributed by atoms with van der Waals surface area (Å²) in [7, 11) is 0. The first-order valence-electron chi connectivity index (χ1n) is 5.98. The Kier molecular flexibility index (Phi) is 2.00. The number of fused-ring (bicyclic) bond motifs is 2. The average molecular weight is 233 g/mol. The summed E-state index contributed by atoms with van der Waals surface area (Å²) in [6.45, 7) is 3.89. The maximum Gasteiger partial charge on any atom is 0.237 e. The molecular weight excluding hydrogens is 218 g/mol. The number of aryl methyl sites for hydroxylation is 2. The first kappa shape index (κ1) is 10.6. The molecule has 4 heteroatoms. The van der Waals surface area contributed by atoms with Crippen molar-refractivity contribution in [3.8, 4) is 0 Å². The van der Waals surface area contributed by atoms with E-state index in [-0.39, 0.29) is 18.2 Å². The fraction of sp³-hybridized carbons (Fsp3) is 0.538. The van der Waals surface area contributed by atoms with Gasteiger partial charge in [0.15, 0.2) is 0 Å². The van der Waals surface area contributed by atoms with Gasteiger partial charge in [-0.3, -0.25) is 14.9 Å². The lowest BCUT2D eigenvalue weighted by Gasteiger charge is -2.30. The molecule has 2 amide bonds. The molecule has 4 nitrogen and oxygen atoms in total. The van der Waals surface area contributed by atoms with Gasteiger partial charge in [0, 0.05) is 18.4 Å². The molecule has 90 valence electrons. The fourth-order valence-corrected chi connectivity index (χ4v) is 3.22. The van der Waals surface area contributed by atoms with Crippen molar-refractivity contribution < 1.29 is 14.0 Å². The Labute approximate surface area is 99.4 Å². The maximum absolute atomic E-state index is 12.1. The molecule has 0 bridgehead atoms. The first-order valence-corrected chi connectivity index (χ1v) is 5.98. The van der Waals surface area contributed by atoms with E-state index in [1.54, 1.807) is 0 Å². The van der Waals surface area contributed by atoms with Crippen molar-refractivity contribution in [2.45, 2.75) is 44.9 Å². The van der Waals surface area contributed by atoms with E-state index in [1.165, 1.54) is 0 Å². The van der Waals surface area contributed by atoms with Crippen LogP contribution in [0.4, 0.5) is 0 Å². The van der Waals surface area contributed by atoms with E-state index in [4.69, 9.17) is 4.42 Å². The number of amides is 2. The van der Waals surface area contributed by atoms with E-state index in [2.05, 4.69) is 5.32 Å². The average Bonchev–Trinajstić information content (AvgIpc) is 2.69. The molecule has 1 aromatic heterocycles. The molecule has 1 aliphatic heterocycles. The monoisotopic (exact) mass is 233 g/mol. The van der Waals surface area contributed by atoms with Crippen LogP contribution in [-0.2, 0) is 21.4 Å². The molecule has 1 unspecified atom stereocenters. The van der Waals surface area contributed by atoms with Crippen molar-refractivity contribution >= 4 is 11.8 Å². The second-order valence-corrected chi connectivity index (χ2v) is 5.07. The molecule has 1 aliphatic carbocycles. The van der Waals surface area contributed by atoms with Crippen molar-refractivity contribution in [1.82, 2.24) is 5.32 Å². The Morgan fingerprint density at radius 3 is 2.71 bits per heavy atom. The van der Waals surface area contributed by atoms with E-state index >= 15 is 0 Å². The van der Waals surface area contributed by atoms with Gasteiger partial charge >= 0.3 is 0 Å². The lowest BCUT2D eigenvalue weighted by Crippen LogP contribution is -2.38. The minimum atomic E-state index is -0.646. The summed E-state index contributed by atoms with van der Waals surface area (Å²) in [5, 5.41) is 2.44. The quantitative estimate of drug-likeness (QED) is 0.691. The van der Waals surface area contributed by atoms with Crippen LogP contribution in [0.5, 0.6) is 0 Å². The zero-order chi connectivity index (χ0) is 12.2. The van der Waals surface area contributed by atoms with Crippen LogP contribution in [0.15, 0.2) is 4.42 Å². The topological polar surface area (TPSA) is 59.3 Å². The zero-order valence-electron chi connectivity index (χ0n) is 10.1. The van der Waals surface area contributed by atoms with Crippen LogP contribution in [0.25, 0.3) is 0 Å². The summed E-state index contributed by atoms with van der Waals surface area (Å²) in [6.07, 6.45) is 2.80. The summed E-state index contributed by atoms with van der Waals surface area (Å²) in [4.78, 5) is 23.6. The summed E-state index contributed by atoms with van der Waals surface area (Å²) in [5.74, 6) is 1.45. The Morgan fingerprint density at radius 1 is 1.29 bits per heavy atom. The van der Waals surface area contributed by atoms with E-state index in [0.29, 0.717) is 0 Å². The van der Waals surface area contributed by atoms with Gasteiger partial charge in [0.2, 0.25) is 11.8 Å². The number of nitrogens with one attached hydrogen (secondary N) is 1. The normalized spacial score (nSPS) is 27.4. The number of hydrogen-bond acceptors (Lipinski definition) is 3. The SMILES string of the molecule is Cc1oc2c(c1C)C1(CCC2)CC(=O)NC1=O. The van der Waals surface area contributed by atoms with Gasteiger partial charge in [0.1, 0.15) is 11.5 Å². The number of hydrogen-bond donors (Lipinski definition) is 1. The molecule has 1 fully saturated rings. The molecule has 17 heavy (non-hydrogen) atoms. The molecule has 0 saturated carbocycles. The van der Waals surface area contributed by atoms with Crippen LogP contribution in [0, 0.1) is 13.8 Å². The standard InChI is InChI=1S/C13H15NO3/c1-7-8(2)17-9-4-3-5-13(11(7)9)6-10(15)14-12(13)16/h3-6H2,1-2H3,(H,14,15,16). The van der Waals surface area contributed by atoms with Crippen molar-refractivity contribution in [2.24, 2.45) is 0 Å². The summed E-state index contributed by atoms with van der Waals surface area (Å²) in [5.41, 5.74) is 1.36. The highest BCUT2D eigenvalue weighted by Gasteiger charge is 2.52. The maximum atomic E-state index is 12.1. The number of carbonyl (C=O) groups is 2. The third-order valence-corrected chi connectivity index (χ3v) is 4.09. The minimum absolute atomic E-state index is 0.146. The molecule has 2 aliphatic rings. The molecular formula is C13H15NO3. The van der Waals surface area contributed by atoms with Gasteiger partial charge in [0.25, 0.3) is 0 Å². The Morgan fingerprint density at radius 2 is 2.06 bits per heavy atom. The van der Waals surface area contributed by atoms with E-state index in [9.17, 15) is 9.59 Å². The number of carbonyl (C=O) groups excluding carboxylic acids is 2. The fourth-order valence-electron chi connectivity index (χ4n) is 3.22. The third-order valence-electron chi connectivity index (χ3n) is 4.09. The number of furan rings is 1. The molecule has 1 N–H and O–H groups in total. The zero-order valence-corrected chi connectivity index (χ0v) is 10.1. The van der Waals surface area contributed by atoms with Gasteiger partial charge in [-0.2, -0.15) is 0 Å². The van der Waals surface area contributed by atoms with Crippen LogP contribution in [0.2, 0.25) is 0 Å². The van der Waals surface area contributed by atoms with Crippen LogP contribution < -0.4 is 5.32 Å². The van der Waals surface area contributed by atoms with Crippen LogP contribution in [-0.4, -0.2) is 11.8 Å². The molecule has 1 spiro atoms. The second-order valence-electron chi connectivity index (χ2n) is 5.07. The van der Waals surface area contributed by atoms with Crippen LogP contribution in [0.3, 0.4) is 0 Å². The molecule has 2 heterocycles. The van der Waals surface area contributed by atoms with E-state index < -0.39 is 5.41 Å². The van der Waals surface area contributed by atoms with Crippen molar-refractivity contribution in [3.63, 3.8) is 0 Å². The van der Waals surface area contributed by atoms with Crippen molar-refractivity contribution in [3.05, 3.63) is 22.6 Å². The second kappa shape index (κ2) is 3.22. The van der Waals surface area contributed by atoms with Crippen molar-refractivity contribution in [1.29, 1.82) is 0 Å². The van der Waals surface area contributed by atoms with E-state index in [0.717, 1.165) is 41.9 Å². The van der Waals surface area contributed by atoms with Gasteiger partial charge in [0.05, 0.1) is 5.41 Å². The third kappa shape index (κ3) is 1.24. The molecule has 1 aromatic rings. The molecule has 1 saturated heterocycles. The smallest absolute Gasteiger partial charge is 0.237 e. The predicted octanol–water partition coefficient (Wildman–Crippen LogP) is 1.52. The first-order chi connectivity index (χ1) is 8.04. The lowest BCUT2D eigenvalue weighted by molar-refractivity contribution is -0.126. The van der Waals surface area contributed by atoms with Gasteiger partial charge in [-0.1, -0.05) is 0 Å². The van der Waals surface area contributed by atoms with Gasteiger partial charge in [-0.15, -0.1) is 0 Å². The molecule has 0 radical (unpaired) electrons. The largest absolute Gasteiger partial charge is 0.466 e.